The maximum atomic E-state index is 12.9. The van der Waals surface area contributed by atoms with E-state index < -0.39 is 0 Å². The van der Waals surface area contributed by atoms with Crippen molar-refractivity contribution in [1.82, 2.24) is 24.9 Å². The van der Waals surface area contributed by atoms with Gasteiger partial charge in [0, 0.05) is 12.6 Å². The van der Waals surface area contributed by atoms with E-state index in [-0.39, 0.29) is 35.8 Å². The average molecular weight is 403 g/mol. The van der Waals surface area contributed by atoms with Gasteiger partial charge >= 0.3 is 0 Å². The molecule has 0 aliphatic carbocycles. The van der Waals surface area contributed by atoms with Gasteiger partial charge in [0.05, 0.1) is 6.26 Å². The molecule has 0 saturated carbocycles. The molecule has 3 N–H and O–H groups in total. The topological polar surface area (TPSA) is 111 Å². The van der Waals surface area contributed by atoms with Gasteiger partial charge in [-0.05, 0) is 36.2 Å². The van der Waals surface area contributed by atoms with Crippen molar-refractivity contribution in [3.8, 4) is 11.6 Å². The Labute approximate surface area is 165 Å². The standard InChI is InChI=1S/C18H15FN6O2.ClH/c19-12-5-3-11(4-6-12)7-8-21-17(26)13-10-15-23-16(14-2-1-9-27-14)24-25(15)18(20)22-13;/h1-6,9-10H,7-8H2,(H2,20,22)(H,21,26);1H. The fraction of sp³-hybridized carbons (Fsp3) is 0.111. The molecule has 10 heteroatoms. The summed E-state index contributed by atoms with van der Waals surface area (Å²) in [6.07, 6.45) is 2.08. The molecule has 0 spiro atoms. The van der Waals surface area contributed by atoms with Crippen molar-refractivity contribution >= 4 is 29.9 Å². The number of carbonyl (C=O) groups excluding carboxylic acids is 1. The monoisotopic (exact) mass is 402 g/mol. The predicted octanol–water partition coefficient (Wildman–Crippen LogP) is 2.50. The first-order valence-corrected chi connectivity index (χ1v) is 8.20. The van der Waals surface area contributed by atoms with Gasteiger partial charge in [0.1, 0.15) is 11.5 Å². The molecule has 4 aromatic rings. The Kier molecular flexibility index (Phi) is 5.55. The fourth-order valence-electron chi connectivity index (χ4n) is 2.60. The van der Waals surface area contributed by atoms with Crippen LogP contribution in [0.4, 0.5) is 10.3 Å². The molecule has 0 fully saturated rings. The summed E-state index contributed by atoms with van der Waals surface area (Å²) in [5, 5.41) is 6.99. The van der Waals surface area contributed by atoms with Gasteiger partial charge in [0.2, 0.25) is 11.8 Å². The van der Waals surface area contributed by atoms with E-state index in [9.17, 15) is 9.18 Å². The highest BCUT2D eigenvalue weighted by atomic mass is 35.5. The molecule has 3 aromatic heterocycles. The molecule has 3 heterocycles. The number of halogens is 2. The zero-order valence-corrected chi connectivity index (χ0v) is 15.3. The molecule has 4 rings (SSSR count). The highest BCUT2D eigenvalue weighted by Gasteiger charge is 2.15. The summed E-state index contributed by atoms with van der Waals surface area (Å²) in [6.45, 7) is 0.377. The molecule has 8 nitrogen and oxygen atoms in total. The van der Waals surface area contributed by atoms with Gasteiger partial charge in [-0.3, -0.25) is 4.79 Å². The number of benzene rings is 1. The van der Waals surface area contributed by atoms with E-state index in [0.29, 0.717) is 30.2 Å². The molecule has 0 atom stereocenters. The summed E-state index contributed by atoms with van der Waals surface area (Å²) >= 11 is 0. The predicted molar refractivity (Wildman–Crippen MR) is 103 cm³/mol. The Morgan fingerprint density at radius 1 is 1.21 bits per heavy atom. The van der Waals surface area contributed by atoms with E-state index in [1.165, 1.54) is 29.0 Å². The molecule has 1 aromatic carbocycles. The van der Waals surface area contributed by atoms with Crippen molar-refractivity contribution in [3.05, 3.63) is 65.8 Å². The average Bonchev–Trinajstić information content (AvgIpc) is 3.32. The minimum absolute atomic E-state index is 0. The van der Waals surface area contributed by atoms with Crippen LogP contribution in [0.3, 0.4) is 0 Å². The van der Waals surface area contributed by atoms with E-state index in [1.54, 1.807) is 24.3 Å². The molecule has 0 radical (unpaired) electrons. The van der Waals surface area contributed by atoms with Crippen LogP contribution in [-0.2, 0) is 6.42 Å². The Morgan fingerprint density at radius 2 is 2.00 bits per heavy atom. The quantitative estimate of drug-likeness (QED) is 0.530. The van der Waals surface area contributed by atoms with Crippen LogP contribution < -0.4 is 11.1 Å². The van der Waals surface area contributed by atoms with Gasteiger partial charge in [-0.1, -0.05) is 12.1 Å². The molecule has 28 heavy (non-hydrogen) atoms. The van der Waals surface area contributed by atoms with Gasteiger partial charge in [-0.25, -0.2) is 14.4 Å². The van der Waals surface area contributed by atoms with E-state index in [1.807, 2.05) is 0 Å². The van der Waals surface area contributed by atoms with Crippen LogP contribution in [0.2, 0.25) is 0 Å². The molecule has 0 bridgehead atoms. The number of furan rings is 1. The van der Waals surface area contributed by atoms with Crippen molar-refractivity contribution in [2.24, 2.45) is 0 Å². The Hall–Kier alpha value is -3.46. The Morgan fingerprint density at radius 3 is 2.71 bits per heavy atom. The first-order chi connectivity index (χ1) is 13.1. The van der Waals surface area contributed by atoms with Crippen molar-refractivity contribution in [1.29, 1.82) is 0 Å². The SMILES string of the molecule is Cl.Nc1nc(C(=O)NCCc2ccc(F)cc2)cc2nc(-c3ccco3)nn12. The highest BCUT2D eigenvalue weighted by Crippen LogP contribution is 2.18. The van der Waals surface area contributed by atoms with Gasteiger partial charge in [0.15, 0.2) is 11.4 Å². The lowest BCUT2D eigenvalue weighted by molar-refractivity contribution is 0.0949. The molecule has 0 saturated heterocycles. The first kappa shape index (κ1) is 19.3. The summed E-state index contributed by atoms with van der Waals surface area (Å²) in [6, 6.07) is 11.1. The van der Waals surface area contributed by atoms with E-state index >= 15 is 0 Å². The van der Waals surface area contributed by atoms with E-state index in [4.69, 9.17) is 10.2 Å². The number of carbonyl (C=O) groups is 1. The van der Waals surface area contributed by atoms with Crippen LogP contribution in [-0.4, -0.2) is 32.0 Å². The van der Waals surface area contributed by atoms with Crippen LogP contribution >= 0.6 is 12.4 Å². The van der Waals surface area contributed by atoms with Crippen LogP contribution in [0.1, 0.15) is 16.1 Å². The molecular weight excluding hydrogens is 387 g/mol. The fourth-order valence-corrected chi connectivity index (χ4v) is 2.60. The molecular formula is C18H16ClFN6O2. The summed E-state index contributed by atoms with van der Waals surface area (Å²) in [7, 11) is 0. The van der Waals surface area contributed by atoms with Crippen LogP contribution in [0, 0.1) is 5.82 Å². The van der Waals surface area contributed by atoms with Crippen molar-refractivity contribution in [2.45, 2.75) is 6.42 Å². The van der Waals surface area contributed by atoms with Crippen LogP contribution in [0.5, 0.6) is 0 Å². The zero-order chi connectivity index (χ0) is 18.8. The second kappa shape index (κ2) is 8.05. The number of hydrogen-bond donors (Lipinski definition) is 2. The van der Waals surface area contributed by atoms with E-state index in [2.05, 4.69) is 20.4 Å². The molecule has 0 aliphatic rings. The number of amides is 1. The summed E-state index contributed by atoms with van der Waals surface area (Å²) in [4.78, 5) is 20.8. The minimum Gasteiger partial charge on any atom is -0.461 e. The lowest BCUT2D eigenvalue weighted by Gasteiger charge is -2.06. The number of nitrogens with one attached hydrogen (secondary N) is 1. The number of nitrogens with zero attached hydrogens (tertiary/aromatic N) is 4. The maximum absolute atomic E-state index is 12.9. The van der Waals surface area contributed by atoms with Crippen molar-refractivity contribution in [3.63, 3.8) is 0 Å². The summed E-state index contributed by atoms with van der Waals surface area (Å²) in [5.74, 6) is 0.208. The normalized spacial score (nSPS) is 10.6. The smallest absolute Gasteiger partial charge is 0.270 e. The van der Waals surface area contributed by atoms with Gasteiger partial charge in [0.25, 0.3) is 5.91 Å². The van der Waals surface area contributed by atoms with Crippen LogP contribution in [0.15, 0.2) is 53.1 Å². The lowest BCUT2D eigenvalue weighted by Crippen LogP contribution is -2.27. The van der Waals surface area contributed by atoms with Crippen molar-refractivity contribution < 1.29 is 13.6 Å². The third-order valence-electron chi connectivity index (χ3n) is 3.94. The maximum Gasteiger partial charge on any atom is 0.270 e. The highest BCUT2D eigenvalue weighted by molar-refractivity contribution is 5.93. The first-order valence-electron chi connectivity index (χ1n) is 8.20. The number of anilines is 1. The number of fused-ring (bicyclic) bond motifs is 1. The Balaban J connectivity index is 0.00000225. The second-order valence-electron chi connectivity index (χ2n) is 5.81. The zero-order valence-electron chi connectivity index (χ0n) is 14.5. The lowest BCUT2D eigenvalue weighted by atomic mass is 10.1. The number of rotatable bonds is 5. The molecule has 1 amide bonds. The van der Waals surface area contributed by atoms with Gasteiger partial charge in [-0.2, -0.15) is 4.52 Å². The Bertz CT molecular complexity index is 1100. The largest absolute Gasteiger partial charge is 0.461 e. The third-order valence-corrected chi connectivity index (χ3v) is 3.94. The minimum atomic E-state index is -0.381. The molecule has 0 aliphatic heterocycles. The van der Waals surface area contributed by atoms with Crippen LogP contribution in [0.25, 0.3) is 17.2 Å². The number of hydrogen-bond acceptors (Lipinski definition) is 6. The van der Waals surface area contributed by atoms with Crippen molar-refractivity contribution in [2.75, 3.05) is 12.3 Å². The molecule has 0 unspecified atom stereocenters. The third kappa shape index (κ3) is 3.94. The summed E-state index contributed by atoms with van der Waals surface area (Å²) < 4.78 is 19.5. The number of nitrogens with two attached hydrogens (primary N) is 1. The van der Waals surface area contributed by atoms with E-state index in [0.717, 1.165) is 5.56 Å². The van der Waals surface area contributed by atoms with Gasteiger partial charge < -0.3 is 15.5 Å². The molecule has 144 valence electrons. The van der Waals surface area contributed by atoms with Gasteiger partial charge in [-0.15, -0.1) is 17.5 Å². The second-order valence-corrected chi connectivity index (χ2v) is 5.81. The summed E-state index contributed by atoms with van der Waals surface area (Å²) in [5.41, 5.74) is 7.34. The number of aromatic nitrogens is 4. The number of nitrogen functional groups attached to an aromatic ring is 1.